The van der Waals surface area contributed by atoms with Gasteiger partial charge in [-0.25, -0.2) is 0 Å². The summed E-state index contributed by atoms with van der Waals surface area (Å²) >= 11 is 0. The number of hydrogen-bond donors (Lipinski definition) is 3. The first-order valence-electron chi connectivity index (χ1n) is 8.62. The van der Waals surface area contributed by atoms with Gasteiger partial charge < -0.3 is 16.2 Å². The smallest absolute Gasteiger partial charge is 0.387 e. The molecular weight excluding hydrogens is 385 g/mol. The van der Waals surface area contributed by atoms with E-state index in [4.69, 9.17) is 5.73 Å². The molecule has 0 radical (unpaired) electrons. The third kappa shape index (κ3) is 4.72. The second-order valence-corrected chi connectivity index (χ2v) is 6.49. The zero-order chi connectivity index (χ0) is 21.2. The minimum absolute atomic E-state index is 0.0533. The van der Waals surface area contributed by atoms with Crippen LogP contribution in [0.3, 0.4) is 0 Å². The largest absolute Gasteiger partial charge is 0.416 e. The summed E-state index contributed by atoms with van der Waals surface area (Å²) in [5.74, 6) is -1.05. The Morgan fingerprint density at radius 1 is 0.966 bits per heavy atom. The van der Waals surface area contributed by atoms with E-state index in [9.17, 15) is 27.9 Å². The summed E-state index contributed by atoms with van der Waals surface area (Å²) < 4.78 is 38.4. The topological polar surface area (TPSA) is 92.4 Å². The maximum atomic E-state index is 12.8. The Bertz CT molecular complexity index is 1080. The molecule has 3 aromatic carbocycles. The minimum Gasteiger partial charge on any atom is -0.387 e. The SMILES string of the molecule is NC(=O)c1ccc2cc(C(=O)NCC(O)c3cccc(C(F)(F)F)c3)ccc2c1. The summed E-state index contributed by atoms with van der Waals surface area (Å²) in [5.41, 5.74) is 5.08. The fraction of sp³-hybridized carbons (Fsp3) is 0.143. The molecule has 0 fully saturated rings. The number of rotatable bonds is 5. The number of benzene rings is 3. The number of nitrogens with two attached hydrogens (primary N) is 1. The molecule has 150 valence electrons. The van der Waals surface area contributed by atoms with Gasteiger partial charge in [-0.3, -0.25) is 9.59 Å². The van der Waals surface area contributed by atoms with Gasteiger partial charge in [0, 0.05) is 17.7 Å². The van der Waals surface area contributed by atoms with Crippen molar-refractivity contribution >= 4 is 22.6 Å². The third-order valence-corrected chi connectivity index (χ3v) is 4.44. The summed E-state index contributed by atoms with van der Waals surface area (Å²) in [6.45, 7) is -0.251. The summed E-state index contributed by atoms with van der Waals surface area (Å²) in [6, 6.07) is 13.9. The number of nitrogens with one attached hydrogen (secondary N) is 1. The number of hydrogen-bond acceptors (Lipinski definition) is 3. The number of primary amides is 1. The van der Waals surface area contributed by atoms with Gasteiger partial charge in [0.05, 0.1) is 11.7 Å². The number of carbonyl (C=O) groups is 2. The van der Waals surface area contributed by atoms with Crippen molar-refractivity contribution in [3.63, 3.8) is 0 Å². The monoisotopic (exact) mass is 402 g/mol. The predicted molar refractivity (Wildman–Crippen MR) is 101 cm³/mol. The Hall–Kier alpha value is -3.39. The molecule has 0 aromatic heterocycles. The molecule has 3 rings (SSSR count). The number of carbonyl (C=O) groups excluding carboxylic acids is 2. The molecule has 4 N–H and O–H groups in total. The van der Waals surface area contributed by atoms with Crippen LogP contribution in [0.1, 0.15) is 37.9 Å². The van der Waals surface area contributed by atoms with Crippen LogP contribution in [-0.2, 0) is 6.18 Å². The van der Waals surface area contributed by atoms with Gasteiger partial charge in [0.15, 0.2) is 0 Å². The normalized spacial score (nSPS) is 12.6. The summed E-state index contributed by atoms with van der Waals surface area (Å²) in [7, 11) is 0. The van der Waals surface area contributed by atoms with Crippen LogP contribution in [-0.4, -0.2) is 23.5 Å². The van der Waals surface area contributed by atoms with E-state index in [2.05, 4.69) is 5.32 Å². The van der Waals surface area contributed by atoms with Gasteiger partial charge in [-0.2, -0.15) is 13.2 Å². The van der Waals surface area contributed by atoms with Crippen molar-refractivity contribution in [2.24, 2.45) is 5.73 Å². The summed E-state index contributed by atoms with van der Waals surface area (Å²) in [4.78, 5) is 23.6. The van der Waals surface area contributed by atoms with E-state index in [-0.39, 0.29) is 12.1 Å². The molecule has 0 heterocycles. The highest BCUT2D eigenvalue weighted by Crippen LogP contribution is 2.30. The highest BCUT2D eigenvalue weighted by Gasteiger charge is 2.30. The van der Waals surface area contributed by atoms with Crippen LogP contribution in [0.5, 0.6) is 0 Å². The maximum absolute atomic E-state index is 12.8. The van der Waals surface area contributed by atoms with Crippen molar-refractivity contribution in [1.82, 2.24) is 5.32 Å². The average Bonchev–Trinajstić information content (AvgIpc) is 2.70. The van der Waals surface area contributed by atoms with E-state index >= 15 is 0 Å². The summed E-state index contributed by atoms with van der Waals surface area (Å²) in [5, 5.41) is 14.1. The van der Waals surface area contributed by atoms with Crippen LogP contribution < -0.4 is 11.1 Å². The molecule has 29 heavy (non-hydrogen) atoms. The Morgan fingerprint density at radius 2 is 1.59 bits per heavy atom. The predicted octanol–water partition coefficient (Wildman–Crippen LogP) is 3.42. The van der Waals surface area contributed by atoms with Gasteiger partial charge in [0.2, 0.25) is 5.91 Å². The zero-order valence-electron chi connectivity index (χ0n) is 15.0. The lowest BCUT2D eigenvalue weighted by molar-refractivity contribution is -0.137. The van der Waals surface area contributed by atoms with E-state index in [1.807, 2.05) is 0 Å². The van der Waals surface area contributed by atoms with E-state index < -0.39 is 29.7 Å². The molecule has 3 aromatic rings. The molecule has 1 unspecified atom stereocenters. The van der Waals surface area contributed by atoms with Crippen molar-refractivity contribution in [3.8, 4) is 0 Å². The number of alkyl halides is 3. The first kappa shape index (κ1) is 20.3. The second-order valence-electron chi connectivity index (χ2n) is 6.49. The fourth-order valence-corrected chi connectivity index (χ4v) is 2.87. The molecule has 5 nitrogen and oxygen atoms in total. The lowest BCUT2D eigenvalue weighted by atomic mass is 10.0. The van der Waals surface area contributed by atoms with E-state index in [1.54, 1.807) is 36.4 Å². The Morgan fingerprint density at radius 3 is 2.21 bits per heavy atom. The number of aliphatic hydroxyl groups is 1. The molecule has 2 amide bonds. The molecule has 0 aliphatic carbocycles. The van der Waals surface area contributed by atoms with Gasteiger partial charge in [-0.1, -0.05) is 24.3 Å². The highest BCUT2D eigenvalue weighted by molar-refractivity contribution is 6.01. The van der Waals surface area contributed by atoms with Crippen LogP contribution in [0.25, 0.3) is 10.8 Å². The standard InChI is InChI=1S/C21H17F3N2O3/c22-21(23,24)17-3-1-2-14(10-17)18(27)11-26-20(29)16-7-5-12-8-15(19(25)28)6-4-13(12)9-16/h1-10,18,27H,11H2,(H2,25,28)(H,26,29). The van der Waals surface area contributed by atoms with Crippen LogP contribution in [0, 0.1) is 0 Å². The van der Waals surface area contributed by atoms with Crippen molar-refractivity contribution in [2.75, 3.05) is 6.54 Å². The van der Waals surface area contributed by atoms with Gasteiger partial charge in [0.1, 0.15) is 0 Å². The molecule has 0 saturated carbocycles. The molecule has 0 saturated heterocycles. The molecule has 0 aliphatic heterocycles. The van der Waals surface area contributed by atoms with E-state index in [1.165, 1.54) is 12.1 Å². The average molecular weight is 402 g/mol. The first-order chi connectivity index (χ1) is 13.6. The van der Waals surface area contributed by atoms with Gasteiger partial charge >= 0.3 is 6.18 Å². The van der Waals surface area contributed by atoms with Gasteiger partial charge in [0.25, 0.3) is 5.91 Å². The van der Waals surface area contributed by atoms with E-state index in [0.717, 1.165) is 17.5 Å². The molecule has 1 atom stereocenters. The molecular formula is C21H17F3N2O3. The van der Waals surface area contributed by atoms with Crippen LogP contribution in [0.4, 0.5) is 13.2 Å². The van der Waals surface area contributed by atoms with Crippen molar-refractivity contribution < 1.29 is 27.9 Å². The Balaban J connectivity index is 1.70. The highest BCUT2D eigenvalue weighted by atomic mass is 19.4. The third-order valence-electron chi connectivity index (χ3n) is 4.44. The Kier molecular flexibility index (Phi) is 5.56. The van der Waals surface area contributed by atoms with Crippen molar-refractivity contribution in [3.05, 3.63) is 82.9 Å². The number of halogens is 3. The first-order valence-corrected chi connectivity index (χ1v) is 8.62. The van der Waals surface area contributed by atoms with Crippen LogP contribution in [0.2, 0.25) is 0 Å². The van der Waals surface area contributed by atoms with E-state index in [0.29, 0.717) is 16.5 Å². The quantitative estimate of drug-likeness (QED) is 0.611. The van der Waals surface area contributed by atoms with Crippen LogP contribution in [0.15, 0.2) is 60.7 Å². The van der Waals surface area contributed by atoms with Crippen molar-refractivity contribution in [2.45, 2.75) is 12.3 Å². The maximum Gasteiger partial charge on any atom is 0.416 e. The lowest BCUT2D eigenvalue weighted by Gasteiger charge is -2.15. The number of amides is 2. The van der Waals surface area contributed by atoms with Crippen LogP contribution >= 0.6 is 0 Å². The second kappa shape index (κ2) is 7.92. The lowest BCUT2D eigenvalue weighted by Crippen LogP contribution is -2.28. The summed E-state index contributed by atoms with van der Waals surface area (Å²) in [6.07, 6.45) is -5.81. The van der Waals surface area contributed by atoms with Gasteiger partial charge in [-0.15, -0.1) is 0 Å². The molecule has 0 bridgehead atoms. The fourth-order valence-electron chi connectivity index (χ4n) is 2.87. The molecule has 8 heteroatoms. The van der Waals surface area contributed by atoms with Crippen molar-refractivity contribution in [1.29, 1.82) is 0 Å². The Labute approximate surface area is 163 Å². The minimum atomic E-state index is -4.52. The molecule has 0 spiro atoms. The zero-order valence-corrected chi connectivity index (χ0v) is 15.0. The van der Waals surface area contributed by atoms with Gasteiger partial charge in [-0.05, 0) is 52.7 Å². The number of fused-ring (bicyclic) bond motifs is 1. The number of aliphatic hydroxyl groups excluding tert-OH is 1. The molecule has 0 aliphatic rings.